The van der Waals surface area contributed by atoms with Crippen LogP contribution in [0.4, 0.5) is 0 Å². The second-order valence-electron chi connectivity index (χ2n) is 4.63. The summed E-state index contributed by atoms with van der Waals surface area (Å²) in [6.07, 6.45) is 0. The number of benzene rings is 2. The smallest absolute Gasteiger partial charge is 0.240 e. The van der Waals surface area contributed by atoms with Gasteiger partial charge in [0.25, 0.3) is 0 Å². The zero-order chi connectivity index (χ0) is 15.3. The van der Waals surface area contributed by atoms with Gasteiger partial charge < -0.3 is 5.32 Å². The Morgan fingerprint density at radius 3 is 2.38 bits per heavy atom. The van der Waals surface area contributed by atoms with Crippen LogP contribution in [0.1, 0.15) is 11.1 Å². The van der Waals surface area contributed by atoms with Crippen LogP contribution in [0, 0.1) is 0 Å². The lowest BCUT2D eigenvalue weighted by Gasteiger charge is -2.08. The zero-order valence-electron chi connectivity index (χ0n) is 11.6. The first-order valence-corrected chi connectivity index (χ1v) is 8.76. The molecule has 2 rings (SSSR count). The van der Waals surface area contributed by atoms with Crippen molar-refractivity contribution < 1.29 is 8.42 Å². The Labute approximate surface area is 133 Å². The molecule has 0 saturated carbocycles. The van der Waals surface area contributed by atoms with Crippen molar-refractivity contribution in [3.05, 3.63) is 64.1 Å². The lowest BCUT2D eigenvalue weighted by molar-refractivity contribution is 0.581. The molecule has 0 amide bonds. The third-order valence-corrected chi connectivity index (χ3v) is 4.90. The summed E-state index contributed by atoms with van der Waals surface area (Å²) in [7, 11) is -1.67. The van der Waals surface area contributed by atoms with Gasteiger partial charge in [0.05, 0.1) is 4.90 Å². The van der Waals surface area contributed by atoms with E-state index in [1.165, 1.54) is 0 Å². The van der Waals surface area contributed by atoms with Gasteiger partial charge in [-0.3, -0.25) is 0 Å². The van der Waals surface area contributed by atoms with Gasteiger partial charge in [-0.1, -0.05) is 40.2 Å². The topological polar surface area (TPSA) is 58.2 Å². The molecular weight excluding hydrogens is 352 g/mol. The fourth-order valence-electron chi connectivity index (χ4n) is 1.89. The number of hydrogen-bond donors (Lipinski definition) is 2. The Balaban J connectivity index is 2.11. The molecule has 21 heavy (non-hydrogen) atoms. The maximum Gasteiger partial charge on any atom is 0.240 e. The lowest BCUT2D eigenvalue weighted by atomic mass is 10.2. The van der Waals surface area contributed by atoms with E-state index in [0.717, 1.165) is 15.6 Å². The Bertz CT molecular complexity index is 700. The SMILES string of the molecule is CNCc1cccc(S(=O)(=O)NCc2ccc(Br)cc2)c1. The molecule has 0 spiro atoms. The van der Waals surface area contributed by atoms with Gasteiger partial charge in [-0.05, 0) is 42.4 Å². The average molecular weight is 369 g/mol. The Kier molecular flexibility index (Phi) is 5.52. The van der Waals surface area contributed by atoms with E-state index in [2.05, 4.69) is 26.0 Å². The predicted molar refractivity (Wildman–Crippen MR) is 87.4 cm³/mol. The van der Waals surface area contributed by atoms with Crippen LogP contribution in [-0.4, -0.2) is 15.5 Å². The summed E-state index contributed by atoms with van der Waals surface area (Å²) < 4.78 is 28.2. The molecule has 0 radical (unpaired) electrons. The van der Waals surface area contributed by atoms with Crippen LogP contribution in [-0.2, 0) is 23.1 Å². The van der Waals surface area contributed by atoms with Gasteiger partial charge in [-0.25, -0.2) is 13.1 Å². The molecule has 6 heteroatoms. The predicted octanol–water partition coefficient (Wildman–Crippen LogP) is 2.65. The van der Waals surface area contributed by atoms with Crippen LogP contribution in [0.15, 0.2) is 57.9 Å². The maximum atomic E-state index is 12.3. The summed E-state index contributed by atoms with van der Waals surface area (Å²) >= 11 is 3.35. The van der Waals surface area contributed by atoms with Crippen molar-refractivity contribution >= 4 is 26.0 Å². The monoisotopic (exact) mass is 368 g/mol. The zero-order valence-corrected chi connectivity index (χ0v) is 14.0. The lowest BCUT2D eigenvalue weighted by Crippen LogP contribution is -2.23. The van der Waals surface area contributed by atoms with Gasteiger partial charge in [-0.2, -0.15) is 0 Å². The average Bonchev–Trinajstić information content (AvgIpc) is 2.47. The first-order chi connectivity index (χ1) is 10.0. The van der Waals surface area contributed by atoms with Crippen LogP contribution in [0.5, 0.6) is 0 Å². The molecule has 0 heterocycles. The molecule has 0 aliphatic carbocycles. The molecule has 4 nitrogen and oxygen atoms in total. The quantitative estimate of drug-likeness (QED) is 0.823. The molecule has 0 aliphatic heterocycles. The van der Waals surface area contributed by atoms with Gasteiger partial charge in [0.1, 0.15) is 0 Å². The highest BCUT2D eigenvalue weighted by molar-refractivity contribution is 9.10. The van der Waals surface area contributed by atoms with Gasteiger partial charge in [0.15, 0.2) is 0 Å². The second kappa shape index (κ2) is 7.17. The van der Waals surface area contributed by atoms with E-state index in [1.807, 2.05) is 37.4 Å². The van der Waals surface area contributed by atoms with Crippen LogP contribution in [0.3, 0.4) is 0 Å². The highest BCUT2D eigenvalue weighted by Gasteiger charge is 2.13. The van der Waals surface area contributed by atoms with E-state index >= 15 is 0 Å². The number of sulfonamides is 1. The molecule has 0 fully saturated rings. The summed E-state index contributed by atoms with van der Waals surface area (Å²) in [5.41, 5.74) is 1.84. The molecule has 0 atom stereocenters. The molecule has 0 bridgehead atoms. The van der Waals surface area contributed by atoms with Gasteiger partial charge in [-0.15, -0.1) is 0 Å². The molecule has 0 saturated heterocycles. The van der Waals surface area contributed by atoms with Crippen molar-refractivity contribution in [1.82, 2.24) is 10.0 Å². The molecule has 0 aliphatic rings. The highest BCUT2D eigenvalue weighted by Crippen LogP contribution is 2.14. The molecule has 0 aromatic heterocycles. The van der Waals surface area contributed by atoms with Crippen molar-refractivity contribution in [1.29, 1.82) is 0 Å². The molecule has 112 valence electrons. The van der Waals surface area contributed by atoms with Crippen molar-refractivity contribution in [3.63, 3.8) is 0 Å². The fraction of sp³-hybridized carbons (Fsp3) is 0.200. The Morgan fingerprint density at radius 2 is 1.71 bits per heavy atom. The van der Waals surface area contributed by atoms with E-state index in [4.69, 9.17) is 0 Å². The minimum atomic E-state index is -3.50. The molecular formula is C15H17BrN2O2S. The van der Waals surface area contributed by atoms with E-state index in [0.29, 0.717) is 6.54 Å². The standard InChI is InChI=1S/C15H17BrN2O2S/c1-17-10-13-3-2-4-15(9-13)21(19,20)18-11-12-5-7-14(16)8-6-12/h2-9,17-18H,10-11H2,1H3. The van der Waals surface area contributed by atoms with E-state index in [1.54, 1.807) is 18.2 Å². The number of halogens is 1. The van der Waals surface area contributed by atoms with E-state index < -0.39 is 10.0 Å². The minimum Gasteiger partial charge on any atom is -0.316 e. The summed E-state index contributed by atoms with van der Waals surface area (Å²) in [5, 5.41) is 3.01. The van der Waals surface area contributed by atoms with Crippen LogP contribution >= 0.6 is 15.9 Å². The van der Waals surface area contributed by atoms with Gasteiger partial charge >= 0.3 is 0 Å². The van der Waals surface area contributed by atoms with Gasteiger partial charge in [0.2, 0.25) is 10.0 Å². The second-order valence-corrected chi connectivity index (χ2v) is 7.31. The summed E-state index contributed by atoms with van der Waals surface area (Å²) in [5.74, 6) is 0. The van der Waals surface area contributed by atoms with Crippen molar-refractivity contribution in [2.75, 3.05) is 7.05 Å². The van der Waals surface area contributed by atoms with E-state index in [9.17, 15) is 8.42 Å². The van der Waals surface area contributed by atoms with E-state index in [-0.39, 0.29) is 11.4 Å². The minimum absolute atomic E-state index is 0.270. The molecule has 2 aromatic carbocycles. The summed E-state index contributed by atoms with van der Waals surface area (Å²) in [6.45, 7) is 0.905. The van der Waals surface area contributed by atoms with Crippen LogP contribution in [0.2, 0.25) is 0 Å². The Hall–Kier alpha value is -1.21. The summed E-state index contributed by atoms with van der Waals surface area (Å²) in [4.78, 5) is 0.285. The Morgan fingerprint density at radius 1 is 1.00 bits per heavy atom. The molecule has 2 aromatic rings. The third-order valence-electron chi connectivity index (χ3n) is 2.97. The molecule has 0 unspecified atom stereocenters. The van der Waals surface area contributed by atoms with Crippen LogP contribution in [0.25, 0.3) is 0 Å². The fourth-order valence-corrected chi connectivity index (χ4v) is 3.24. The van der Waals surface area contributed by atoms with Crippen molar-refractivity contribution in [2.45, 2.75) is 18.0 Å². The highest BCUT2D eigenvalue weighted by atomic mass is 79.9. The summed E-state index contributed by atoms with van der Waals surface area (Å²) in [6, 6.07) is 14.5. The normalized spacial score (nSPS) is 11.5. The maximum absolute atomic E-state index is 12.3. The number of hydrogen-bond acceptors (Lipinski definition) is 3. The largest absolute Gasteiger partial charge is 0.316 e. The van der Waals surface area contributed by atoms with Gasteiger partial charge in [0, 0.05) is 17.6 Å². The first-order valence-electron chi connectivity index (χ1n) is 6.49. The van der Waals surface area contributed by atoms with Crippen molar-refractivity contribution in [3.8, 4) is 0 Å². The number of rotatable bonds is 6. The number of nitrogens with one attached hydrogen (secondary N) is 2. The first kappa shape index (κ1) is 16.2. The van der Waals surface area contributed by atoms with Crippen molar-refractivity contribution in [2.24, 2.45) is 0 Å². The third kappa shape index (κ3) is 4.64. The molecule has 2 N–H and O–H groups in total. The van der Waals surface area contributed by atoms with Crippen LogP contribution < -0.4 is 10.0 Å².